The van der Waals surface area contributed by atoms with Gasteiger partial charge in [0.25, 0.3) is 0 Å². The number of nitrogens with one attached hydrogen (secondary N) is 1. The van der Waals surface area contributed by atoms with E-state index in [4.69, 9.17) is 4.74 Å². The van der Waals surface area contributed by atoms with Crippen molar-refractivity contribution in [1.29, 1.82) is 0 Å². The molecule has 1 atom stereocenters. The molecule has 0 aliphatic heterocycles. The molecule has 1 unspecified atom stereocenters. The largest absolute Gasteiger partial charge is 0.465 e. The molecule has 0 saturated carbocycles. The topological polar surface area (TPSA) is 76.5 Å². The lowest BCUT2D eigenvalue weighted by Crippen LogP contribution is -2.30. The number of carbonyl (C=O) groups excluding carboxylic acids is 2. The van der Waals surface area contributed by atoms with Crippen molar-refractivity contribution in [3.05, 3.63) is 33.5 Å². The Kier molecular flexibility index (Phi) is 6.20. The molecule has 3 rings (SSSR count). The van der Waals surface area contributed by atoms with Gasteiger partial charge in [-0.3, -0.25) is 14.4 Å². The molecule has 0 radical (unpaired) electrons. The van der Waals surface area contributed by atoms with Gasteiger partial charge in [0.1, 0.15) is 5.00 Å². The Bertz CT molecular complexity index is 886. The lowest BCUT2D eigenvalue weighted by atomic mass is 9.88. The van der Waals surface area contributed by atoms with Crippen LogP contribution in [-0.4, -0.2) is 47.3 Å². The van der Waals surface area contributed by atoms with Gasteiger partial charge in [-0.15, -0.1) is 11.3 Å². The lowest BCUT2D eigenvalue weighted by molar-refractivity contribution is -0.117. The average Bonchev–Trinajstić information content (AvgIpc) is 3.12. The predicted molar refractivity (Wildman–Crippen MR) is 110 cm³/mol. The Morgan fingerprint density at radius 3 is 2.86 bits per heavy atom. The van der Waals surface area contributed by atoms with Crippen LogP contribution in [-0.2, 0) is 36.0 Å². The fraction of sp³-hybridized carbons (Fsp3) is 0.550. The van der Waals surface area contributed by atoms with Crippen molar-refractivity contribution in [2.75, 3.05) is 26.0 Å². The predicted octanol–water partition coefficient (Wildman–Crippen LogP) is 2.77. The highest BCUT2D eigenvalue weighted by Crippen LogP contribution is 2.40. The van der Waals surface area contributed by atoms with Gasteiger partial charge < -0.3 is 10.1 Å². The van der Waals surface area contributed by atoms with Gasteiger partial charge in [0.2, 0.25) is 5.91 Å². The van der Waals surface area contributed by atoms with Crippen LogP contribution in [0.5, 0.6) is 0 Å². The van der Waals surface area contributed by atoms with E-state index in [1.807, 2.05) is 32.1 Å². The van der Waals surface area contributed by atoms with Gasteiger partial charge >= 0.3 is 5.97 Å². The Labute approximate surface area is 169 Å². The van der Waals surface area contributed by atoms with Crippen molar-refractivity contribution in [1.82, 2.24) is 14.7 Å². The fourth-order valence-electron chi connectivity index (χ4n) is 3.72. The summed E-state index contributed by atoms with van der Waals surface area (Å²) in [5, 5.41) is 7.90. The van der Waals surface area contributed by atoms with Crippen LogP contribution < -0.4 is 5.32 Å². The molecule has 8 heteroatoms. The normalized spacial score (nSPS) is 16.1. The van der Waals surface area contributed by atoms with Crippen molar-refractivity contribution < 1.29 is 14.3 Å². The van der Waals surface area contributed by atoms with E-state index in [0.29, 0.717) is 23.0 Å². The van der Waals surface area contributed by atoms with E-state index < -0.39 is 0 Å². The molecule has 1 N–H and O–H groups in total. The molecule has 152 valence electrons. The average molecular weight is 405 g/mol. The van der Waals surface area contributed by atoms with Gasteiger partial charge in [-0.25, -0.2) is 4.79 Å². The molecular formula is C20H28N4O3S. The quantitative estimate of drug-likeness (QED) is 0.749. The first-order valence-electron chi connectivity index (χ1n) is 9.48. The number of carbonyl (C=O) groups is 2. The van der Waals surface area contributed by atoms with Gasteiger partial charge in [-0.2, -0.15) is 5.10 Å². The summed E-state index contributed by atoms with van der Waals surface area (Å²) in [6, 6.07) is 0. The van der Waals surface area contributed by atoms with Crippen LogP contribution in [0.2, 0.25) is 0 Å². The number of ether oxygens (including phenoxy) is 1. The molecule has 1 aliphatic rings. The van der Waals surface area contributed by atoms with E-state index >= 15 is 0 Å². The molecule has 0 spiro atoms. The number of fused-ring (bicyclic) bond motifs is 1. The van der Waals surface area contributed by atoms with Crippen molar-refractivity contribution in [2.24, 2.45) is 13.0 Å². The SMILES string of the molecule is COC(=O)c1c(NC(=O)CN(C)Cc2cn(C)nc2C)sc2c1CCC(C)C2. The molecule has 0 fully saturated rings. The number of aromatic nitrogens is 2. The second-order valence-corrected chi connectivity index (χ2v) is 8.79. The van der Waals surface area contributed by atoms with E-state index in [0.717, 1.165) is 36.1 Å². The van der Waals surface area contributed by atoms with Crippen molar-refractivity contribution in [3.63, 3.8) is 0 Å². The molecule has 7 nitrogen and oxygen atoms in total. The van der Waals surface area contributed by atoms with Crippen molar-refractivity contribution in [2.45, 2.75) is 39.7 Å². The van der Waals surface area contributed by atoms with Crippen LogP contribution in [0.25, 0.3) is 0 Å². The van der Waals surface area contributed by atoms with Crippen LogP contribution in [0, 0.1) is 12.8 Å². The molecular weight excluding hydrogens is 376 g/mol. The van der Waals surface area contributed by atoms with Crippen LogP contribution in [0.1, 0.15) is 45.4 Å². The summed E-state index contributed by atoms with van der Waals surface area (Å²) in [6.45, 7) is 5.04. The van der Waals surface area contributed by atoms with Gasteiger partial charge in [-0.1, -0.05) is 6.92 Å². The lowest BCUT2D eigenvalue weighted by Gasteiger charge is -2.18. The summed E-state index contributed by atoms with van der Waals surface area (Å²) in [7, 11) is 5.17. The van der Waals surface area contributed by atoms with Crippen LogP contribution >= 0.6 is 11.3 Å². The molecule has 1 aliphatic carbocycles. The minimum absolute atomic E-state index is 0.138. The Morgan fingerprint density at radius 2 is 2.21 bits per heavy atom. The summed E-state index contributed by atoms with van der Waals surface area (Å²) >= 11 is 1.51. The molecule has 1 amide bonds. The molecule has 28 heavy (non-hydrogen) atoms. The van der Waals surface area contributed by atoms with Crippen LogP contribution in [0.15, 0.2) is 6.20 Å². The number of thiophene rings is 1. The minimum Gasteiger partial charge on any atom is -0.465 e. The Hall–Kier alpha value is -2.19. The summed E-state index contributed by atoms with van der Waals surface area (Å²) in [5.41, 5.74) is 3.63. The molecule has 2 aromatic heterocycles. The monoisotopic (exact) mass is 404 g/mol. The third kappa shape index (κ3) is 4.44. The molecule has 2 aromatic rings. The summed E-state index contributed by atoms with van der Waals surface area (Å²) in [5.74, 6) is 0.0802. The number of nitrogens with zero attached hydrogens (tertiary/aromatic N) is 3. The Balaban J connectivity index is 1.71. The third-order valence-electron chi connectivity index (χ3n) is 5.12. The number of anilines is 1. The molecule has 0 bridgehead atoms. The molecule has 0 aromatic carbocycles. The number of aryl methyl sites for hydroxylation is 2. The smallest absolute Gasteiger partial charge is 0.341 e. The molecule has 0 saturated heterocycles. The first-order chi connectivity index (χ1) is 13.3. The highest BCUT2D eigenvalue weighted by Gasteiger charge is 2.29. The number of amides is 1. The zero-order chi connectivity index (χ0) is 20.4. The maximum Gasteiger partial charge on any atom is 0.341 e. The van der Waals surface area contributed by atoms with Crippen LogP contribution in [0.3, 0.4) is 0 Å². The highest BCUT2D eigenvalue weighted by molar-refractivity contribution is 7.17. The zero-order valence-electron chi connectivity index (χ0n) is 17.2. The Morgan fingerprint density at radius 1 is 1.46 bits per heavy atom. The van der Waals surface area contributed by atoms with E-state index in [1.54, 1.807) is 4.68 Å². The number of methoxy groups -OCH3 is 1. The van der Waals surface area contributed by atoms with Crippen LogP contribution in [0.4, 0.5) is 5.00 Å². The van der Waals surface area contributed by atoms with E-state index in [-0.39, 0.29) is 18.4 Å². The second kappa shape index (κ2) is 8.45. The number of rotatable bonds is 6. The van der Waals surface area contributed by atoms with Gasteiger partial charge in [0.15, 0.2) is 0 Å². The third-order valence-corrected chi connectivity index (χ3v) is 6.29. The first-order valence-corrected chi connectivity index (χ1v) is 10.3. The number of esters is 1. The number of likely N-dealkylation sites (N-methyl/N-ethyl adjacent to an activating group) is 1. The summed E-state index contributed by atoms with van der Waals surface area (Å²) < 4.78 is 6.76. The van der Waals surface area contributed by atoms with E-state index in [9.17, 15) is 9.59 Å². The number of hydrogen-bond donors (Lipinski definition) is 1. The maximum atomic E-state index is 12.6. The molecule has 2 heterocycles. The summed E-state index contributed by atoms with van der Waals surface area (Å²) in [6.07, 6.45) is 4.81. The van der Waals surface area contributed by atoms with Crippen molar-refractivity contribution >= 4 is 28.2 Å². The summed E-state index contributed by atoms with van der Waals surface area (Å²) in [4.78, 5) is 28.1. The minimum atomic E-state index is -0.373. The van der Waals surface area contributed by atoms with E-state index in [1.165, 1.54) is 23.3 Å². The van der Waals surface area contributed by atoms with Gasteiger partial charge in [-0.05, 0) is 44.7 Å². The first kappa shape index (κ1) is 20.5. The fourth-order valence-corrected chi connectivity index (χ4v) is 5.13. The van der Waals surface area contributed by atoms with Gasteiger partial charge in [0.05, 0.1) is 24.9 Å². The highest BCUT2D eigenvalue weighted by atomic mass is 32.1. The van der Waals surface area contributed by atoms with Gasteiger partial charge in [0, 0.05) is 30.2 Å². The maximum absolute atomic E-state index is 12.6. The second-order valence-electron chi connectivity index (χ2n) is 7.68. The van der Waals surface area contributed by atoms with E-state index in [2.05, 4.69) is 17.3 Å². The zero-order valence-corrected chi connectivity index (χ0v) is 18.0. The standard InChI is InChI=1S/C20H28N4O3S/c1-12-6-7-15-16(8-12)28-19(18(15)20(26)27-5)21-17(25)11-23(3)9-14-10-24(4)22-13(14)2/h10,12H,6-9,11H2,1-5H3,(H,21,25). The van der Waals surface area contributed by atoms with Crippen molar-refractivity contribution in [3.8, 4) is 0 Å². The number of hydrogen-bond acceptors (Lipinski definition) is 6.